The third-order valence-corrected chi connectivity index (χ3v) is 2.12. The van der Waals surface area contributed by atoms with Crippen LogP contribution in [0.25, 0.3) is 5.69 Å². The highest BCUT2D eigenvalue weighted by atomic mass is 16.5. The van der Waals surface area contributed by atoms with Crippen LogP contribution in [0.15, 0.2) is 24.7 Å². The van der Waals surface area contributed by atoms with Crippen LogP contribution in [0.3, 0.4) is 0 Å². The Hall–Kier alpha value is -2.77. The second-order valence-electron chi connectivity index (χ2n) is 3.27. The highest BCUT2D eigenvalue weighted by Crippen LogP contribution is 2.07. The molecule has 1 amide bonds. The third kappa shape index (κ3) is 2.17. The van der Waals surface area contributed by atoms with Crippen molar-refractivity contribution in [2.75, 3.05) is 7.11 Å². The van der Waals surface area contributed by atoms with Crippen LogP contribution in [0.4, 0.5) is 0 Å². The van der Waals surface area contributed by atoms with Gasteiger partial charge in [-0.1, -0.05) is 0 Å². The molecule has 0 aromatic carbocycles. The Labute approximate surface area is 101 Å². The Bertz CT molecular complexity index is 607. The molecule has 18 heavy (non-hydrogen) atoms. The highest BCUT2D eigenvalue weighted by molar-refractivity contribution is 5.91. The van der Waals surface area contributed by atoms with Crippen LogP contribution < -0.4 is 5.73 Å². The molecule has 0 fully saturated rings. The van der Waals surface area contributed by atoms with Crippen molar-refractivity contribution in [1.29, 1.82) is 0 Å². The van der Waals surface area contributed by atoms with E-state index in [1.807, 2.05) is 0 Å². The number of esters is 1. The van der Waals surface area contributed by atoms with Gasteiger partial charge >= 0.3 is 5.97 Å². The maximum Gasteiger partial charge on any atom is 0.377 e. The summed E-state index contributed by atoms with van der Waals surface area (Å²) in [5.41, 5.74) is 5.73. The predicted molar refractivity (Wildman–Crippen MR) is 59.0 cm³/mol. The predicted octanol–water partition coefficient (Wildman–Crippen LogP) is -0.452. The number of pyridine rings is 1. The number of nitrogens with zero attached hydrogens (tertiary/aromatic N) is 4. The average molecular weight is 247 g/mol. The molecular formula is C10H9N5O3. The topological polar surface area (TPSA) is 113 Å². The standard InChI is InChI=1S/C10H9N5O3/c1-18-10(17)9-13-5-15(14-9)6-2-3-12-7(4-6)8(11)16/h2-5H,1H3,(H2,11,16). The van der Waals surface area contributed by atoms with Gasteiger partial charge in [0.1, 0.15) is 12.0 Å². The minimum Gasteiger partial charge on any atom is -0.463 e. The Morgan fingerprint density at radius 3 is 2.83 bits per heavy atom. The zero-order valence-corrected chi connectivity index (χ0v) is 9.40. The first-order valence-electron chi connectivity index (χ1n) is 4.88. The number of hydrogen-bond acceptors (Lipinski definition) is 6. The number of aromatic nitrogens is 4. The van der Waals surface area contributed by atoms with E-state index in [0.29, 0.717) is 5.69 Å². The monoisotopic (exact) mass is 247 g/mol. The lowest BCUT2D eigenvalue weighted by atomic mass is 10.3. The van der Waals surface area contributed by atoms with Gasteiger partial charge in [0.25, 0.3) is 11.7 Å². The summed E-state index contributed by atoms with van der Waals surface area (Å²) in [4.78, 5) is 29.7. The zero-order chi connectivity index (χ0) is 13.1. The van der Waals surface area contributed by atoms with E-state index >= 15 is 0 Å². The smallest absolute Gasteiger partial charge is 0.377 e. The van der Waals surface area contributed by atoms with Gasteiger partial charge < -0.3 is 10.5 Å². The number of carbonyl (C=O) groups is 2. The number of primary amides is 1. The number of ether oxygens (including phenoxy) is 1. The van der Waals surface area contributed by atoms with E-state index in [1.165, 1.54) is 30.4 Å². The fourth-order valence-corrected chi connectivity index (χ4v) is 1.27. The number of hydrogen-bond donors (Lipinski definition) is 1. The fraction of sp³-hybridized carbons (Fsp3) is 0.100. The van der Waals surface area contributed by atoms with Gasteiger partial charge in [-0.3, -0.25) is 9.78 Å². The van der Waals surface area contributed by atoms with E-state index in [9.17, 15) is 9.59 Å². The first-order valence-corrected chi connectivity index (χ1v) is 4.88. The summed E-state index contributed by atoms with van der Waals surface area (Å²) < 4.78 is 5.80. The molecule has 2 aromatic rings. The molecule has 0 bridgehead atoms. The molecular weight excluding hydrogens is 238 g/mol. The van der Waals surface area contributed by atoms with E-state index in [0.717, 1.165) is 0 Å². The molecule has 2 rings (SSSR count). The van der Waals surface area contributed by atoms with Crippen LogP contribution in [-0.4, -0.2) is 38.7 Å². The van der Waals surface area contributed by atoms with E-state index in [-0.39, 0.29) is 11.5 Å². The van der Waals surface area contributed by atoms with Gasteiger partial charge in [-0.15, -0.1) is 5.10 Å². The third-order valence-electron chi connectivity index (χ3n) is 2.12. The molecule has 2 heterocycles. The largest absolute Gasteiger partial charge is 0.463 e. The maximum atomic E-state index is 11.2. The molecule has 2 aromatic heterocycles. The first kappa shape index (κ1) is 11.7. The average Bonchev–Trinajstić information content (AvgIpc) is 2.87. The number of amides is 1. The van der Waals surface area contributed by atoms with Gasteiger partial charge in [-0.2, -0.15) is 0 Å². The quantitative estimate of drug-likeness (QED) is 0.735. The summed E-state index contributed by atoms with van der Waals surface area (Å²) in [5.74, 6) is -1.36. The lowest BCUT2D eigenvalue weighted by molar-refractivity contribution is 0.0586. The van der Waals surface area contributed by atoms with Gasteiger partial charge in [-0.25, -0.2) is 14.5 Å². The van der Waals surface area contributed by atoms with Gasteiger partial charge in [0.05, 0.1) is 12.8 Å². The van der Waals surface area contributed by atoms with Crippen LogP contribution in [0.1, 0.15) is 21.1 Å². The molecule has 0 spiro atoms. The van der Waals surface area contributed by atoms with Crippen molar-refractivity contribution in [2.24, 2.45) is 5.73 Å². The molecule has 0 aliphatic rings. The summed E-state index contributed by atoms with van der Waals surface area (Å²) >= 11 is 0. The van der Waals surface area contributed by atoms with Crippen molar-refractivity contribution in [3.63, 3.8) is 0 Å². The van der Waals surface area contributed by atoms with Crippen molar-refractivity contribution in [3.05, 3.63) is 36.2 Å². The van der Waals surface area contributed by atoms with Crippen molar-refractivity contribution in [2.45, 2.75) is 0 Å². The number of nitrogens with two attached hydrogens (primary N) is 1. The van der Waals surface area contributed by atoms with Crippen LogP contribution >= 0.6 is 0 Å². The molecule has 0 saturated heterocycles. The summed E-state index contributed by atoms with van der Waals surface area (Å²) in [7, 11) is 1.24. The molecule has 8 heteroatoms. The second-order valence-corrected chi connectivity index (χ2v) is 3.27. The normalized spacial score (nSPS) is 10.1. The Balaban J connectivity index is 2.37. The molecule has 2 N–H and O–H groups in total. The van der Waals surface area contributed by atoms with Gasteiger partial charge in [0, 0.05) is 6.20 Å². The van der Waals surface area contributed by atoms with E-state index in [2.05, 4.69) is 19.8 Å². The SMILES string of the molecule is COC(=O)c1ncn(-c2ccnc(C(N)=O)c2)n1. The minimum atomic E-state index is -0.648. The first-order chi connectivity index (χ1) is 8.61. The van der Waals surface area contributed by atoms with Crippen molar-refractivity contribution in [3.8, 4) is 5.69 Å². The number of carbonyl (C=O) groups excluding carboxylic acids is 2. The fourth-order valence-electron chi connectivity index (χ4n) is 1.27. The molecule has 0 aliphatic carbocycles. The Morgan fingerprint density at radius 2 is 2.17 bits per heavy atom. The summed E-state index contributed by atoms with van der Waals surface area (Å²) in [5, 5.41) is 3.90. The second kappa shape index (κ2) is 4.62. The molecule has 8 nitrogen and oxygen atoms in total. The van der Waals surface area contributed by atoms with Crippen LogP contribution in [-0.2, 0) is 4.74 Å². The van der Waals surface area contributed by atoms with Crippen LogP contribution in [0.5, 0.6) is 0 Å². The number of rotatable bonds is 3. The van der Waals surface area contributed by atoms with Crippen molar-refractivity contribution < 1.29 is 14.3 Å². The van der Waals surface area contributed by atoms with E-state index in [4.69, 9.17) is 5.73 Å². The van der Waals surface area contributed by atoms with Crippen LogP contribution in [0, 0.1) is 0 Å². The van der Waals surface area contributed by atoms with E-state index < -0.39 is 11.9 Å². The lowest BCUT2D eigenvalue weighted by Crippen LogP contribution is -2.13. The highest BCUT2D eigenvalue weighted by Gasteiger charge is 2.12. The lowest BCUT2D eigenvalue weighted by Gasteiger charge is -2.00. The van der Waals surface area contributed by atoms with Gasteiger partial charge in [-0.05, 0) is 12.1 Å². The van der Waals surface area contributed by atoms with Crippen molar-refractivity contribution in [1.82, 2.24) is 19.7 Å². The summed E-state index contributed by atoms with van der Waals surface area (Å²) in [6.45, 7) is 0. The zero-order valence-electron chi connectivity index (χ0n) is 9.40. The molecule has 0 aliphatic heterocycles. The van der Waals surface area contributed by atoms with Crippen molar-refractivity contribution >= 4 is 11.9 Å². The van der Waals surface area contributed by atoms with Crippen LogP contribution in [0.2, 0.25) is 0 Å². The molecule has 0 radical (unpaired) electrons. The molecule has 92 valence electrons. The van der Waals surface area contributed by atoms with Gasteiger partial charge in [0.15, 0.2) is 0 Å². The minimum absolute atomic E-state index is 0.0741. The summed E-state index contributed by atoms with van der Waals surface area (Å²) in [6, 6.07) is 3.04. The Kier molecular flexibility index (Phi) is 3.00. The van der Waals surface area contributed by atoms with Gasteiger partial charge in [0.2, 0.25) is 0 Å². The molecule has 0 atom stereocenters. The molecule has 0 unspecified atom stereocenters. The van der Waals surface area contributed by atoms with E-state index in [1.54, 1.807) is 6.07 Å². The Morgan fingerprint density at radius 1 is 1.39 bits per heavy atom. The summed E-state index contributed by atoms with van der Waals surface area (Å²) in [6.07, 6.45) is 2.74. The molecule has 0 saturated carbocycles. The number of methoxy groups -OCH3 is 1. The maximum absolute atomic E-state index is 11.2.